The van der Waals surface area contributed by atoms with E-state index in [0.29, 0.717) is 0 Å². The number of hydrogen-bond donors (Lipinski definition) is 1. The average Bonchev–Trinajstić information content (AvgIpc) is 2.41. The maximum atomic E-state index is 4.18. The quantitative estimate of drug-likeness (QED) is 0.504. The van der Waals surface area contributed by atoms with Crippen molar-refractivity contribution in [1.82, 2.24) is 4.98 Å². The zero-order valence-corrected chi connectivity index (χ0v) is 11.4. The summed E-state index contributed by atoms with van der Waals surface area (Å²) >= 11 is 0. The van der Waals surface area contributed by atoms with Gasteiger partial charge in [0, 0.05) is 18.4 Å². The van der Waals surface area contributed by atoms with Crippen LogP contribution in [-0.2, 0) is 0 Å². The third kappa shape index (κ3) is 5.67. The smallest absolute Gasteiger partial charge is 0.0644 e. The van der Waals surface area contributed by atoms with Crippen molar-refractivity contribution < 1.29 is 0 Å². The fraction of sp³-hybridized carbons (Fsp3) is 0.438. The molecule has 0 atom stereocenters. The molecular formula is C16H24N2. The monoisotopic (exact) mass is 244 g/mol. The van der Waals surface area contributed by atoms with Gasteiger partial charge in [-0.1, -0.05) is 32.1 Å². The highest BCUT2D eigenvalue weighted by atomic mass is 14.9. The molecule has 0 aromatic carbocycles. The van der Waals surface area contributed by atoms with Crippen LogP contribution < -0.4 is 5.32 Å². The molecule has 2 heteroatoms. The maximum absolute atomic E-state index is 4.18. The van der Waals surface area contributed by atoms with Gasteiger partial charge in [-0.15, -0.1) is 0 Å². The molecule has 0 aliphatic carbocycles. The lowest BCUT2D eigenvalue weighted by Crippen LogP contribution is -2.02. The van der Waals surface area contributed by atoms with Crippen LogP contribution in [0.4, 0.5) is 5.69 Å². The van der Waals surface area contributed by atoms with E-state index in [-0.39, 0.29) is 0 Å². The Hall–Kier alpha value is -1.57. The normalized spacial score (nSPS) is 10.1. The lowest BCUT2D eigenvalue weighted by Gasteiger charge is -2.08. The Morgan fingerprint density at radius 2 is 2.17 bits per heavy atom. The Morgan fingerprint density at radius 1 is 1.39 bits per heavy atom. The highest BCUT2D eigenvalue weighted by Gasteiger charge is 1.96. The van der Waals surface area contributed by atoms with Gasteiger partial charge in [0.25, 0.3) is 0 Å². The molecule has 0 saturated heterocycles. The number of unbranched alkanes of at least 4 members (excludes halogenated alkanes) is 1. The number of allylic oxidation sites excluding steroid dienone is 1. The maximum Gasteiger partial charge on any atom is 0.0644 e. The number of aromatic nitrogens is 1. The molecule has 1 aromatic rings. The molecule has 0 amide bonds. The van der Waals surface area contributed by atoms with Crippen molar-refractivity contribution in [3.8, 4) is 0 Å². The molecule has 18 heavy (non-hydrogen) atoms. The Morgan fingerprint density at radius 3 is 2.89 bits per heavy atom. The predicted molar refractivity (Wildman–Crippen MR) is 80.7 cm³/mol. The number of hydrogen-bond acceptors (Lipinski definition) is 2. The summed E-state index contributed by atoms with van der Waals surface area (Å²) in [6.07, 6.45) is 9.50. The number of anilines is 1. The fourth-order valence-electron chi connectivity index (χ4n) is 1.79. The lowest BCUT2D eigenvalue weighted by atomic mass is 10.1. The largest absolute Gasteiger partial charge is 0.385 e. The molecule has 0 spiro atoms. The van der Waals surface area contributed by atoms with Crippen LogP contribution in [-0.4, -0.2) is 11.5 Å². The van der Waals surface area contributed by atoms with Gasteiger partial charge in [0.2, 0.25) is 0 Å². The minimum Gasteiger partial charge on any atom is -0.385 e. The van der Waals surface area contributed by atoms with Gasteiger partial charge in [0.15, 0.2) is 0 Å². The minimum atomic E-state index is 0.910. The highest BCUT2D eigenvalue weighted by Crippen LogP contribution is 2.12. The van der Waals surface area contributed by atoms with Gasteiger partial charge in [-0.3, -0.25) is 4.98 Å². The van der Waals surface area contributed by atoms with E-state index in [2.05, 4.69) is 30.4 Å². The van der Waals surface area contributed by atoms with Crippen molar-refractivity contribution in [3.05, 3.63) is 42.8 Å². The second-order valence-electron chi connectivity index (χ2n) is 4.56. The summed E-state index contributed by atoms with van der Waals surface area (Å²) in [4.78, 5) is 4.18. The summed E-state index contributed by atoms with van der Waals surface area (Å²) < 4.78 is 0. The van der Waals surface area contributed by atoms with Crippen molar-refractivity contribution >= 4 is 11.8 Å². The van der Waals surface area contributed by atoms with Gasteiger partial charge < -0.3 is 5.32 Å². The van der Waals surface area contributed by atoms with Crippen LogP contribution >= 0.6 is 0 Å². The van der Waals surface area contributed by atoms with E-state index in [1.165, 1.54) is 24.8 Å². The molecule has 1 heterocycles. The van der Waals surface area contributed by atoms with Crippen molar-refractivity contribution in [2.75, 3.05) is 11.9 Å². The molecule has 2 nitrogen and oxygen atoms in total. The average molecular weight is 244 g/mol. The van der Waals surface area contributed by atoms with Crippen LogP contribution in [0.3, 0.4) is 0 Å². The fourth-order valence-corrected chi connectivity index (χ4v) is 1.79. The summed E-state index contributed by atoms with van der Waals surface area (Å²) in [5.41, 5.74) is 3.39. The van der Waals surface area contributed by atoms with Gasteiger partial charge in [-0.2, -0.15) is 0 Å². The Kier molecular flexibility index (Phi) is 6.85. The van der Waals surface area contributed by atoms with Crippen molar-refractivity contribution in [3.63, 3.8) is 0 Å². The third-order valence-electron chi connectivity index (χ3n) is 2.91. The number of pyridine rings is 1. The summed E-state index contributed by atoms with van der Waals surface area (Å²) in [7, 11) is 0. The summed E-state index contributed by atoms with van der Waals surface area (Å²) in [6.45, 7) is 11.0. The zero-order chi connectivity index (χ0) is 13.2. The summed E-state index contributed by atoms with van der Waals surface area (Å²) in [6, 6.07) is 4.00. The van der Waals surface area contributed by atoms with Gasteiger partial charge in [0.1, 0.15) is 0 Å². The molecule has 98 valence electrons. The van der Waals surface area contributed by atoms with E-state index in [1.807, 2.05) is 12.1 Å². The lowest BCUT2D eigenvalue weighted by molar-refractivity contribution is 0.736. The molecule has 1 N–H and O–H groups in total. The van der Waals surface area contributed by atoms with Crippen LogP contribution in [0.1, 0.15) is 44.7 Å². The van der Waals surface area contributed by atoms with E-state index in [1.54, 1.807) is 12.3 Å². The zero-order valence-electron chi connectivity index (χ0n) is 11.4. The highest BCUT2D eigenvalue weighted by molar-refractivity contribution is 5.51. The molecule has 0 bridgehead atoms. The molecule has 0 aliphatic heterocycles. The van der Waals surface area contributed by atoms with Gasteiger partial charge >= 0.3 is 0 Å². The molecule has 0 radical (unpaired) electrons. The van der Waals surface area contributed by atoms with E-state index in [4.69, 9.17) is 0 Å². The SMILES string of the molecule is C=Cc1cc(NCCCC(=C)CCCC)ccn1. The Balaban J connectivity index is 2.21. The van der Waals surface area contributed by atoms with Gasteiger partial charge in [-0.05, 0) is 43.9 Å². The van der Waals surface area contributed by atoms with E-state index in [9.17, 15) is 0 Å². The second kappa shape index (κ2) is 8.51. The van der Waals surface area contributed by atoms with E-state index < -0.39 is 0 Å². The van der Waals surface area contributed by atoms with Crippen LogP contribution in [0.15, 0.2) is 37.1 Å². The number of nitrogens with zero attached hydrogens (tertiary/aromatic N) is 1. The standard InChI is InChI=1S/C16H24N2/c1-4-6-8-14(3)9-7-11-17-16-10-12-18-15(5-2)13-16/h5,10,12-13H,2-4,6-9,11H2,1H3,(H,17,18). The minimum absolute atomic E-state index is 0.910. The van der Waals surface area contributed by atoms with Crippen molar-refractivity contribution in [2.45, 2.75) is 39.0 Å². The predicted octanol–water partition coefficient (Wildman–Crippen LogP) is 4.66. The molecule has 0 aliphatic rings. The first-order valence-electron chi connectivity index (χ1n) is 6.75. The first-order valence-corrected chi connectivity index (χ1v) is 6.75. The molecular weight excluding hydrogens is 220 g/mol. The topological polar surface area (TPSA) is 24.9 Å². The molecule has 1 aromatic heterocycles. The van der Waals surface area contributed by atoms with Crippen molar-refractivity contribution in [1.29, 1.82) is 0 Å². The Bertz CT molecular complexity index is 382. The number of rotatable bonds is 9. The third-order valence-corrected chi connectivity index (χ3v) is 2.91. The van der Waals surface area contributed by atoms with Crippen LogP contribution in [0.25, 0.3) is 6.08 Å². The van der Waals surface area contributed by atoms with Gasteiger partial charge in [-0.25, -0.2) is 0 Å². The van der Waals surface area contributed by atoms with Gasteiger partial charge in [0.05, 0.1) is 5.69 Å². The van der Waals surface area contributed by atoms with E-state index >= 15 is 0 Å². The van der Waals surface area contributed by atoms with Crippen LogP contribution in [0.5, 0.6) is 0 Å². The molecule has 1 rings (SSSR count). The van der Waals surface area contributed by atoms with Crippen molar-refractivity contribution in [2.24, 2.45) is 0 Å². The van der Waals surface area contributed by atoms with E-state index in [0.717, 1.165) is 30.8 Å². The first-order chi connectivity index (χ1) is 8.76. The number of nitrogens with one attached hydrogen (secondary N) is 1. The molecule has 0 saturated carbocycles. The Labute approximate surface area is 111 Å². The summed E-state index contributed by atoms with van der Waals surface area (Å²) in [5.74, 6) is 0. The second-order valence-corrected chi connectivity index (χ2v) is 4.56. The molecule has 0 unspecified atom stereocenters. The molecule has 0 fully saturated rings. The van der Waals surface area contributed by atoms with Crippen LogP contribution in [0, 0.1) is 0 Å². The summed E-state index contributed by atoms with van der Waals surface area (Å²) in [5, 5.41) is 3.40. The van der Waals surface area contributed by atoms with Crippen LogP contribution in [0.2, 0.25) is 0 Å². The first kappa shape index (κ1) is 14.5.